The second-order valence-corrected chi connectivity index (χ2v) is 6.81. The molecule has 154 valence electrons. The minimum Gasteiger partial charge on any atom is -0.506 e. The summed E-state index contributed by atoms with van der Waals surface area (Å²) in [4.78, 5) is 43.0. The summed E-state index contributed by atoms with van der Waals surface area (Å²) in [6, 6.07) is 11.2. The SMILES string of the molecule is CN(C)CCNC(=O)c1cccc(/C=C/C(=O)c2c(O)c3ccccc3oc2=O)n1. The molecule has 0 aliphatic rings. The summed E-state index contributed by atoms with van der Waals surface area (Å²) >= 11 is 0. The Hall–Kier alpha value is -3.78. The number of para-hydroxylation sites is 1. The number of likely N-dealkylation sites (N-methyl/N-ethyl adjacent to an activating group) is 1. The van der Waals surface area contributed by atoms with Crippen molar-refractivity contribution in [1.82, 2.24) is 15.2 Å². The number of carbonyl (C=O) groups is 2. The van der Waals surface area contributed by atoms with Gasteiger partial charge in [0.15, 0.2) is 5.78 Å². The van der Waals surface area contributed by atoms with E-state index in [0.29, 0.717) is 18.8 Å². The van der Waals surface area contributed by atoms with Gasteiger partial charge in [-0.1, -0.05) is 18.2 Å². The molecule has 1 amide bonds. The van der Waals surface area contributed by atoms with E-state index in [1.54, 1.807) is 36.4 Å². The lowest BCUT2D eigenvalue weighted by Crippen LogP contribution is -2.31. The molecule has 2 N–H and O–H groups in total. The van der Waals surface area contributed by atoms with Crippen molar-refractivity contribution in [1.29, 1.82) is 0 Å². The molecule has 3 aromatic rings. The number of carbonyl (C=O) groups excluding carboxylic acids is 2. The highest BCUT2D eigenvalue weighted by atomic mass is 16.4. The predicted molar refractivity (Wildman–Crippen MR) is 113 cm³/mol. The number of fused-ring (bicyclic) bond motifs is 1. The highest BCUT2D eigenvalue weighted by molar-refractivity contribution is 6.10. The number of hydrogen-bond acceptors (Lipinski definition) is 7. The van der Waals surface area contributed by atoms with Crippen molar-refractivity contribution in [3.05, 3.63) is 75.9 Å². The van der Waals surface area contributed by atoms with Gasteiger partial charge in [-0.15, -0.1) is 0 Å². The molecular weight excluding hydrogens is 386 g/mol. The molecule has 8 nitrogen and oxygen atoms in total. The first-order chi connectivity index (χ1) is 14.4. The van der Waals surface area contributed by atoms with Crippen molar-refractivity contribution in [2.45, 2.75) is 0 Å². The lowest BCUT2D eigenvalue weighted by molar-refractivity contribution is 0.0945. The molecule has 0 bridgehead atoms. The second kappa shape index (κ2) is 9.15. The van der Waals surface area contributed by atoms with Crippen LogP contribution in [0.25, 0.3) is 17.0 Å². The third-order valence-corrected chi connectivity index (χ3v) is 4.29. The number of ketones is 1. The second-order valence-electron chi connectivity index (χ2n) is 6.81. The summed E-state index contributed by atoms with van der Waals surface area (Å²) < 4.78 is 5.11. The van der Waals surface area contributed by atoms with Gasteiger partial charge in [0.2, 0.25) is 0 Å². The molecule has 8 heteroatoms. The molecule has 2 heterocycles. The predicted octanol–water partition coefficient (Wildman–Crippen LogP) is 2.08. The molecule has 2 aromatic heterocycles. The maximum Gasteiger partial charge on any atom is 0.351 e. The van der Waals surface area contributed by atoms with Crippen molar-refractivity contribution < 1.29 is 19.1 Å². The van der Waals surface area contributed by atoms with Gasteiger partial charge in [-0.05, 0) is 50.5 Å². The van der Waals surface area contributed by atoms with Crippen LogP contribution in [-0.2, 0) is 0 Å². The number of benzene rings is 1. The zero-order valence-electron chi connectivity index (χ0n) is 16.6. The van der Waals surface area contributed by atoms with Gasteiger partial charge >= 0.3 is 5.63 Å². The van der Waals surface area contributed by atoms with Crippen LogP contribution in [0, 0.1) is 0 Å². The van der Waals surface area contributed by atoms with E-state index in [4.69, 9.17) is 4.42 Å². The summed E-state index contributed by atoms with van der Waals surface area (Å²) in [7, 11) is 3.81. The normalized spacial score (nSPS) is 11.3. The van der Waals surface area contributed by atoms with Gasteiger partial charge in [0.1, 0.15) is 22.6 Å². The fraction of sp³-hybridized carbons (Fsp3) is 0.182. The van der Waals surface area contributed by atoms with Crippen molar-refractivity contribution in [3.8, 4) is 5.75 Å². The summed E-state index contributed by atoms with van der Waals surface area (Å²) in [5, 5.41) is 13.4. The van der Waals surface area contributed by atoms with Gasteiger partial charge < -0.3 is 19.7 Å². The lowest BCUT2D eigenvalue weighted by atomic mass is 10.1. The van der Waals surface area contributed by atoms with Crippen LogP contribution in [-0.4, -0.2) is 53.9 Å². The van der Waals surface area contributed by atoms with Gasteiger partial charge in [-0.25, -0.2) is 9.78 Å². The number of rotatable bonds is 7. The Labute approximate surface area is 172 Å². The summed E-state index contributed by atoms with van der Waals surface area (Å²) in [5.41, 5.74) is -0.634. The topological polar surface area (TPSA) is 113 Å². The fourth-order valence-electron chi connectivity index (χ4n) is 2.75. The first-order valence-corrected chi connectivity index (χ1v) is 9.24. The number of hydrogen-bond donors (Lipinski definition) is 2. The molecule has 0 saturated heterocycles. The molecule has 0 saturated carbocycles. The van der Waals surface area contributed by atoms with Crippen LogP contribution in [0.15, 0.2) is 57.8 Å². The largest absolute Gasteiger partial charge is 0.506 e. The van der Waals surface area contributed by atoms with Crippen LogP contribution in [0.3, 0.4) is 0 Å². The third kappa shape index (κ3) is 4.79. The Balaban J connectivity index is 1.80. The number of allylic oxidation sites excluding steroid dienone is 1. The number of nitrogens with zero attached hydrogens (tertiary/aromatic N) is 2. The fourth-order valence-corrected chi connectivity index (χ4v) is 2.75. The Bertz CT molecular complexity index is 1180. The van der Waals surface area contributed by atoms with E-state index in [1.807, 2.05) is 19.0 Å². The standard InChI is InChI=1S/C22H21N3O5/c1-25(2)13-12-23-21(28)16-8-5-6-14(24-16)10-11-17(26)19-20(27)15-7-3-4-9-18(15)30-22(19)29/h3-11,27H,12-13H2,1-2H3,(H,23,28)/b11-10+. The number of aromatic nitrogens is 1. The highest BCUT2D eigenvalue weighted by Gasteiger charge is 2.18. The maximum atomic E-state index is 12.5. The number of amides is 1. The minimum absolute atomic E-state index is 0.190. The minimum atomic E-state index is -0.928. The number of pyridine rings is 1. The average Bonchev–Trinajstić information content (AvgIpc) is 2.72. The molecule has 30 heavy (non-hydrogen) atoms. The first-order valence-electron chi connectivity index (χ1n) is 9.24. The van der Waals surface area contributed by atoms with Crippen LogP contribution in [0.2, 0.25) is 0 Å². The van der Waals surface area contributed by atoms with Crippen molar-refractivity contribution in [2.75, 3.05) is 27.2 Å². The quantitative estimate of drug-likeness (QED) is 0.350. The monoisotopic (exact) mass is 407 g/mol. The van der Waals surface area contributed by atoms with E-state index in [9.17, 15) is 19.5 Å². The van der Waals surface area contributed by atoms with E-state index < -0.39 is 22.7 Å². The van der Waals surface area contributed by atoms with Gasteiger partial charge in [0.05, 0.1) is 11.1 Å². The van der Waals surface area contributed by atoms with Gasteiger partial charge in [0.25, 0.3) is 5.91 Å². The Morgan fingerprint density at radius 1 is 1.17 bits per heavy atom. The highest BCUT2D eigenvalue weighted by Crippen LogP contribution is 2.26. The maximum absolute atomic E-state index is 12.5. The Morgan fingerprint density at radius 2 is 1.93 bits per heavy atom. The first kappa shape index (κ1) is 20.9. The zero-order valence-corrected chi connectivity index (χ0v) is 16.6. The van der Waals surface area contributed by atoms with Crippen LogP contribution >= 0.6 is 0 Å². The van der Waals surface area contributed by atoms with E-state index >= 15 is 0 Å². The van der Waals surface area contributed by atoms with Crippen LogP contribution in [0.5, 0.6) is 5.75 Å². The molecule has 0 fully saturated rings. The lowest BCUT2D eigenvalue weighted by Gasteiger charge is -2.10. The smallest absolute Gasteiger partial charge is 0.351 e. The summed E-state index contributed by atoms with van der Waals surface area (Å²) in [6.07, 6.45) is 2.48. The van der Waals surface area contributed by atoms with Crippen molar-refractivity contribution in [2.24, 2.45) is 0 Å². The Kier molecular flexibility index (Phi) is 6.38. The molecule has 0 aliphatic heterocycles. The molecule has 0 atom stereocenters. The van der Waals surface area contributed by atoms with Crippen molar-refractivity contribution in [3.63, 3.8) is 0 Å². The zero-order chi connectivity index (χ0) is 21.7. The van der Waals surface area contributed by atoms with Gasteiger partial charge in [-0.3, -0.25) is 9.59 Å². The van der Waals surface area contributed by atoms with E-state index in [1.165, 1.54) is 12.1 Å². The number of aromatic hydroxyl groups is 1. The third-order valence-electron chi connectivity index (χ3n) is 4.29. The molecule has 3 rings (SSSR count). The van der Waals surface area contributed by atoms with Crippen molar-refractivity contribution >= 4 is 28.7 Å². The molecular formula is C22H21N3O5. The van der Waals surface area contributed by atoms with E-state index in [0.717, 1.165) is 6.08 Å². The molecule has 0 spiro atoms. The Morgan fingerprint density at radius 3 is 2.70 bits per heavy atom. The average molecular weight is 407 g/mol. The summed E-state index contributed by atoms with van der Waals surface area (Å²) in [6.45, 7) is 1.17. The molecule has 0 unspecified atom stereocenters. The summed E-state index contributed by atoms with van der Waals surface area (Å²) in [5.74, 6) is -1.49. The van der Waals surface area contributed by atoms with Crippen LogP contribution in [0.1, 0.15) is 26.5 Å². The van der Waals surface area contributed by atoms with Gasteiger partial charge in [-0.2, -0.15) is 0 Å². The number of nitrogens with one attached hydrogen (secondary N) is 1. The molecule has 1 aromatic carbocycles. The van der Waals surface area contributed by atoms with E-state index in [2.05, 4.69) is 10.3 Å². The van der Waals surface area contributed by atoms with Crippen LogP contribution < -0.4 is 10.9 Å². The molecule has 0 aliphatic carbocycles. The van der Waals surface area contributed by atoms with Crippen LogP contribution in [0.4, 0.5) is 0 Å². The van der Waals surface area contributed by atoms with Gasteiger partial charge in [0, 0.05) is 13.1 Å². The van der Waals surface area contributed by atoms with E-state index in [-0.39, 0.29) is 22.6 Å². The molecule has 0 radical (unpaired) electrons.